The molecule has 0 unspecified atom stereocenters. The lowest BCUT2D eigenvalue weighted by atomic mass is 10.2. The summed E-state index contributed by atoms with van der Waals surface area (Å²) in [7, 11) is 0. The first-order valence-electron chi connectivity index (χ1n) is 5.68. The minimum Gasteiger partial charge on any atom is -0.462 e. The normalized spacial score (nSPS) is 10.4. The fourth-order valence-electron chi connectivity index (χ4n) is 1.53. The molecule has 0 aliphatic rings. The van der Waals surface area contributed by atoms with Gasteiger partial charge in [0, 0.05) is 0 Å². The van der Waals surface area contributed by atoms with Gasteiger partial charge >= 0.3 is 5.97 Å². The van der Waals surface area contributed by atoms with Gasteiger partial charge in [-0.1, -0.05) is 36.5 Å². The predicted molar refractivity (Wildman–Crippen MR) is 85.4 cm³/mol. The highest BCUT2D eigenvalue weighted by Crippen LogP contribution is 2.29. The number of thiocarbonyl (C=S) groups is 1. The zero-order valence-corrected chi connectivity index (χ0v) is 12.7. The molecule has 4 nitrogen and oxygen atoms in total. The lowest BCUT2D eigenvalue weighted by Gasteiger charge is -2.03. The average molecular weight is 312 g/mol. The molecule has 100 valence electrons. The molecule has 0 saturated heterocycles. The van der Waals surface area contributed by atoms with Crippen molar-refractivity contribution in [2.75, 3.05) is 11.9 Å². The molecule has 0 bridgehead atoms. The highest BCUT2D eigenvalue weighted by atomic mass is 32.1. The number of ether oxygens (including phenoxy) is 1. The Kier molecular flexibility index (Phi) is 4.73. The number of nitrogens with one attached hydrogen (secondary N) is 1. The van der Waals surface area contributed by atoms with E-state index < -0.39 is 0 Å². The average Bonchev–Trinajstić information content (AvgIpc) is 2.76. The molecule has 1 aromatic carbocycles. The molecular weight excluding hydrogens is 300 g/mol. The third kappa shape index (κ3) is 3.43. The van der Waals surface area contributed by atoms with E-state index in [9.17, 15) is 4.79 Å². The third-order valence-electron chi connectivity index (χ3n) is 2.29. The van der Waals surface area contributed by atoms with Gasteiger partial charge in [0.15, 0.2) is 5.13 Å². The SMILES string of the molecule is CCCOC(=O)c1cccc2nc(NC(=S)S)sc12. The summed E-state index contributed by atoms with van der Waals surface area (Å²) < 4.78 is 6.28. The molecular formula is C12H12N2O2S3. The summed E-state index contributed by atoms with van der Waals surface area (Å²) in [5, 5.41) is 3.47. The van der Waals surface area contributed by atoms with E-state index >= 15 is 0 Å². The van der Waals surface area contributed by atoms with Crippen molar-refractivity contribution in [1.29, 1.82) is 0 Å². The number of anilines is 1. The van der Waals surface area contributed by atoms with Gasteiger partial charge in [0.05, 0.1) is 22.4 Å². The van der Waals surface area contributed by atoms with Crippen molar-refractivity contribution in [3.05, 3.63) is 23.8 Å². The van der Waals surface area contributed by atoms with Crippen molar-refractivity contribution in [2.45, 2.75) is 13.3 Å². The first-order valence-corrected chi connectivity index (χ1v) is 7.35. The zero-order valence-electron chi connectivity index (χ0n) is 10.2. The molecule has 0 atom stereocenters. The van der Waals surface area contributed by atoms with Crippen LogP contribution in [0, 0.1) is 0 Å². The number of benzene rings is 1. The summed E-state index contributed by atoms with van der Waals surface area (Å²) in [6, 6.07) is 5.36. The van der Waals surface area contributed by atoms with E-state index in [2.05, 4.69) is 22.9 Å². The van der Waals surface area contributed by atoms with Crippen LogP contribution in [0.1, 0.15) is 23.7 Å². The lowest BCUT2D eigenvalue weighted by molar-refractivity contribution is 0.0507. The summed E-state index contributed by atoms with van der Waals surface area (Å²) >= 11 is 10.2. The Morgan fingerprint density at radius 1 is 1.58 bits per heavy atom. The Labute approximate surface area is 125 Å². The molecule has 1 N–H and O–H groups in total. The summed E-state index contributed by atoms with van der Waals surface area (Å²) in [4.78, 5) is 16.3. The van der Waals surface area contributed by atoms with Gasteiger partial charge in [0.2, 0.25) is 0 Å². The first kappa shape index (κ1) is 14.2. The number of carbonyl (C=O) groups is 1. The first-order chi connectivity index (χ1) is 9.11. The Morgan fingerprint density at radius 2 is 2.37 bits per heavy atom. The highest BCUT2D eigenvalue weighted by molar-refractivity contribution is 8.11. The second-order valence-corrected chi connectivity index (χ2v) is 5.90. The monoisotopic (exact) mass is 312 g/mol. The van der Waals surface area contributed by atoms with Gasteiger partial charge in [-0.25, -0.2) is 9.78 Å². The predicted octanol–water partition coefficient (Wildman–Crippen LogP) is 3.49. The maximum atomic E-state index is 11.9. The van der Waals surface area contributed by atoms with E-state index in [-0.39, 0.29) is 5.97 Å². The van der Waals surface area contributed by atoms with E-state index in [1.807, 2.05) is 13.0 Å². The number of aromatic nitrogens is 1. The van der Waals surface area contributed by atoms with Crippen LogP contribution in [0.5, 0.6) is 0 Å². The van der Waals surface area contributed by atoms with Crippen LogP contribution in [-0.4, -0.2) is 21.9 Å². The van der Waals surface area contributed by atoms with Crippen molar-refractivity contribution in [2.24, 2.45) is 0 Å². The molecule has 0 radical (unpaired) electrons. The number of rotatable bonds is 4. The minimum absolute atomic E-state index is 0.323. The van der Waals surface area contributed by atoms with Gasteiger partial charge in [0.1, 0.15) is 4.32 Å². The number of thiazole rings is 1. The Balaban J connectivity index is 2.36. The molecule has 0 aliphatic carbocycles. The molecule has 2 aromatic rings. The Hall–Kier alpha value is -1.18. The number of nitrogens with zero attached hydrogens (tertiary/aromatic N) is 1. The Morgan fingerprint density at radius 3 is 3.05 bits per heavy atom. The number of hydrogen-bond donors (Lipinski definition) is 2. The second kappa shape index (κ2) is 6.31. The van der Waals surface area contributed by atoms with Gasteiger partial charge in [-0.3, -0.25) is 0 Å². The number of fused-ring (bicyclic) bond motifs is 1. The maximum Gasteiger partial charge on any atom is 0.339 e. The van der Waals surface area contributed by atoms with Crippen molar-refractivity contribution >= 4 is 61.8 Å². The highest BCUT2D eigenvalue weighted by Gasteiger charge is 2.15. The lowest BCUT2D eigenvalue weighted by Crippen LogP contribution is -2.05. The fraction of sp³-hybridized carbons (Fsp3) is 0.250. The van der Waals surface area contributed by atoms with E-state index in [1.54, 1.807) is 12.1 Å². The molecule has 1 aromatic heterocycles. The molecule has 0 fully saturated rings. The van der Waals surface area contributed by atoms with Crippen LogP contribution >= 0.6 is 36.2 Å². The van der Waals surface area contributed by atoms with Crippen LogP contribution in [0.25, 0.3) is 10.2 Å². The molecule has 19 heavy (non-hydrogen) atoms. The van der Waals surface area contributed by atoms with Gasteiger partial charge in [0.25, 0.3) is 0 Å². The van der Waals surface area contributed by atoms with E-state index in [0.29, 0.717) is 21.6 Å². The van der Waals surface area contributed by atoms with Crippen molar-refractivity contribution in [3.63, 3.8) is 0 Å². The summed E-state index contributed by atoms with van der Waals surface area (Å²) in [6.45, 7) is 2.37. The minimum atomic E-state index is -0.323. The number of thiol groups is 1. The van der Waals surface area contributed by atoms with Crippen LogP contribution in [0.15, 0.2) is 18.2 Å². The van der Waals surface area contributed by atoms with Crippen LogP contribution in [0.2, 0.25) is 0 Å². The van der Waals surface area contributed by atoms with Crippen molar-refractivity contribution < 1.29 is 9.53 Å². The van der Waals surface area contributed by atoms with Crippen molar-refractivity contribution in [3.8, 4) is 0 Å². The number of hydrogen-bond acceptors (Lipinski definition) is 5. The largest absolute Gasteiger partial charge is 0.462 e. The molecule has 0 aliphatic heterocycles. The van der Waals surface area contributed by atoms with Gasteiger partial charge in [-0.05, 0) is 18.6 Å². The third-order valence-corrected chi connectivity index (χ3v) is 3.52. The van der Waals surface area contributed by atoms with Gasteiger partial charge in [-0.15, -0.1) is 12.6 Å². The molecule has 0 spiro atoms. The van der Waals surface area contributed by atoms with E-state index in [0.717, 1.165) is 16.6 Å². The van der Waals surface area contributed by atoms with Crippen LogP contribution in [0.4, 0.5) is 5.13 Å². The standard InChI is InChI=1S/C12H12N2O2S3/c1-2-6-16-10(15)7-4-3-5-8-9(7)19-11(13-8)14-12(17)18/h3-5H,2,6H2,1H3,(H2,13,14,17,18). The van der Waals surface area contributed by atoms with E-state index in [1.165, 1.54) is 11.3 Å². The van der Waals surface area contributed by atoms with Crippen LogP contribution < -0.4 is 5.32 Å². The Bertz CT molecular complexity index is 624. The smallest absolute Gasteiger partial charge is 0.339 e. The molecule has 0 amide bonds. The van der Waals surface area contributed by atoms with Gasteiger partial charge < -0.3 is 10.1 Å². The summed E-state index contributed by atoms with van der Waals surface area (Å²) in [6.07, 6.45) is 0.797. The van der Waals surface area contributed by atoms with Gasteiger partial charge in [-0.2, -0.15) is 0 Å². The fourth-order valence-corrected chi connectivity index (χ4v) is 2.84. The molecule has 7 heteroatoms. The van der Waals surface area contributed by atoms with E-state index in [4.69, 9.17) is 17.0 Å². The molecule has 0 saturated carbocycles. The summed E-state index contributed by atoms with van der Waals surface area (Å²) in [5.41, 5.74) is 1.27. The topological polar surface area (TPSA) is 51.2 Å². The second-order valence-electron chi connectivity index (χ2n) is 3.74. The van der Waals surface area contributed by atoms with Crippen LogP contribution in [0.3, 0.4) is 0 Å². The van der Waals surface area contributed by atoms with Crippen LogP contribution in [-0.2, 0) is 4.74 Å². The van der Waals surface area contributed by atoms with Crippen molar-refractivity contribution in [1.82, 2.24) is 4.98 Å². The zero-order chi connectivity index (χ0) is 13.8. The number of carbonyl (C=O) groups excluding carboxylic acids is 1. The maximum absolute atomic E-state index is 11.9. The molecule has 2 rings (SSSR count). The summed E-state index contributed by atoms with van der Waals surface area (Å²) in [5.74, 6) is -0.323. The number of esters is 1. The molecule has 1 heterocycles. The quantitative estimate of drug-likeness (QED) is 0.514.